The highest BCUT2D eigenvalue weighted by atomic mass is 16.1. The third kappa shape index (κ3) is 2.13. The number of carbonyl (C=O) groups is 2. The van der Waals surface area contributed by atoms with Crippen molar-refractivity contribution in [1.29, 1.82) is 0 Å². The highest BCUT2D eigenvalue weighted by Gasteiger charge is 2.56. The van der Waals surface area contributed by atoms with Crippen LogP contribution >= 0.6 is 0 Å². The fourth-order valence-electron chi connectivity index (χ4n) is 6.64. The average molecular weight is 312 g/mol. The number of allylic oxidation sites excluding steroid dienone is 4. The fraction of sp³-hybridized carbons (Fsp3) is 0.714. The van der Waals surface area contributed by atoms with Gasteiger partial charge in [-0.15, -0.1) is 0 Å². The number of hydrogen-bond acceptors (Lipinski definition) is 2. The third-order valence-corrected chi connectivity index (χ3v) is 7.71. The van der Waals surface area contributed by atoms with Crippen LogP contribution in [0, 0.1) is 35.0 Å². The van der Waals surface area contributed by atoms with Gasteiger partial charge in [0, 0.05) is 12.3 Å². The van der Waals surface area contributed by atoms with E-state index in [9.17, 15) is 9.59 Å². The number of hydrogen-bond donors (Lipinski definition) is 0. The second kappa shape index (κ2) is 5.16. The van der Waals surface area contributed by atoms with Gasteiger partial charge < -0.3 is 0 Å². The summed E-state index contributed by atoms with van der Waals surface area (Å²) < 4.78 is 0. The highest BCUT2D eigenvalue weighted by molar-refractivity contribution is 5.92. The van der Waals surface area contributed by atoms with Gasteiger partial charge in [0.2, 0.25) is 0 Å². The Morgan fingerprint density at radius 3 is 2.74 bits per heavy atom. The van der Waals surface area contributed by atoms with Crippen molar-refractivity contribution < 1.29 is 9.59 Å². The Hall–Kier alpha value is -1.18. The molecule has 0 N–H and O–H groups in total. The molecule has 4 aliphatic rings. The molecule has 124 valence electrons. The van der Waals surface area contributed by atoms with Gasteiger partial charge in [-0.25, -0.2) is 0 Å². The van der Waals surface area contributed by atoms with E-state index in [2.05, 4.69) is 19.9 Å². The molecule has 23 heavy (non-hydrogen) atoms. The first-order chi connectivity index (χ1) is 10.9. The molecule has 0 aromatic heterocycles. The van der Waals surface area contributed by atoms with Crippen LogP contribution in [0.4, 0.5) is 0 Å². The van der Waals surface area contributed by atoms with E-state index in [0.29, 0.717) is 35.2 Å². The number of Topliss-reactive ketones (excluding diaryl/α,β-unsaturated/α-hetero) is 1. The van der Waals surface area contributed by atoms with Gasteiger partial charge in [0.15, 0.2) is 5.78 Å². The molecule has 4 rings (SSSR count). The van der Waals surface area contributed by atoms with Crippen molar-refractivity contribution in [3.05, 3.63) is 23.3 Å². The average Bonchev–Trinajstić information content (AvgIpc) is 2.85. The predicted molar refractivity (Wildman–Crippen MR) is 90.8 cm³/mol. The summed E-state index contributed by atoms with van der Waals surface area (Å²) in [6.45, 7) is 6.36. The number of carbonyl (C=O) groups excluding carboxylic acids is 2. The topological polar surface area (TPSA) is 34.1 Å². The van der Waals surface area contributed by atoms with Crippen LogP contribution in [-0.2, 0) is 9.59 Å². The monoisotopic (exact) mass is 312 g/mol. The smallest absolute Gasteiger partial charge is 0.156 e. The normalized spacial score (nSPS) is 45.5. The van der Waals surface area contributed by atoms with Crippen LogP contribution < -0.4 is 0 Å². The molecule has 0 saturated heterocycles. The van der Waals surface area contributed by atoms with Crippen LogP contribution in [-0.4, -0.2) is 11.6 Å². The van der Waals surface area contributed by atoms with Crippen LogP contribution in [0.3, 0.4) is 0 Å². The lowest BCUT2D eigenvalue weighted by atomic mass is 9.52. The Kier molecular flexibility index (Phi) is 3.44. The Balaban J connectivity index is 1.72. The van der Waals surface area contributed by atoms with Crippen molar-refractivity contribution in [2.75, 3.05) is 0 Å². The van der Waals surface area contributed by atoms with Crippen LogP contribution in [0.2, 0.25) is 0 Å². The first-order valence-electron chi connectivity index (χ1n) is 9.35. The molecular weight excluding hydrogens is 284 g/mol. The molecule has 2 saturated carbocycles. The zero-order valence-corrected chi connectivity index (χ0v) is 14.6. The summed E-state index contributed by atoms with van der Waals surface area (Å²) in [5.74, 6) is 3.53. The van der Waals surface area contributed by atoms with E-state index >= 15 is 0 Å². The Morgan fingerprint density at radius 2 is 2.00 bits per heavy atom. The van der Waals surface area contributed by atoms with E-state index in [1.54, 1.807) is 6.92 Å². The van der Waals surface area contributed by atoms with Crippen molar-refractivity contribution in [1.82, 2.24) is 0 Å². The zero-order chi connectivity index (χ0) is 16.4. The molecule has 2 heteroatoms. The van der Waals surface area contributed by atoms with Crippen molar-refractivity contribution >= 4 is 11.6 Å². The van der Waals surface area contributed by atoms with Gasteiger partial charge in [-0.1, -0.05) is 18.6 Å². The lowest BCUT2D eigenvalue weighted by Gasteiger charge is -2.52. The Labute approximate surface area is 139 Å². The zero-order valence-electron chi connectivity index (χ0n) is 14.6. The second-order valence-electron chi connectivity index (χ2n) is 8.69. The summed E-state index contributed by atoms with van der Waals surface area (Å²) in [6, 6.07) is 0. The van der Waals surface area contributed by atoms with Gasteiger partial charge in [0.05, 0.1) is 0 Å². The van der Waals surface area contributed by atoms with E-state index in [1.807, 2.05) is 6.08 Å². The van der Waals surface area contributed by atoms with Crippen molar-refractivity contribution in [3.63, 3.8) is 0 Å². The molecule has 2 nitrogen and oxygen atoms in total. The molecule has 0 aromatic carbocycles. The quantitative estimate of drug-likeness (QED) is 0.714. The third-order valence-electron chi connectivity index (χ3n) is 7.71. The SMILES string of the molecule is CC(=O)[C@H]1CC[C@H]2[C@@H]3C=C(C)C4=CC(=O)CC[C@@H]4[C@H]3CC[C@]12C. The molecule has 6 atom stereocenters. The van der Waals surface area contributed by atoms with Crippen molar-refractivity contribution in [2.24, 2.45) is 35.0 Å². The minimum absolute atomic E-state index is 0.204. The first kappa shape index (κ1) is 15.4. The van der Waals surface area contributed by atoms with Gasteiger partial charge in [-0.05, 0) is 86.7 Å². The van der Waals surface area contributed by atoms with E-state index in [0.717, 1.165) is 19.3 Å². The second-order valence-corrected chi connectivity index (χ2v) is 8.69. The lowest BCUT2D eigenvalue weighted by molar-refractivity contribution is -0.126. The van der Waals surface area contributed by atoms with Gasteiger partial charge in [-0.3, -0.25) is 9.59 Å². The molecule has 0 unspecified atom stereocenters. The lowest BCUT2D eigenvalue weighted by Crippen LogP contribution is -2.46. The first-order valence-corrected chi connectivity index (χ1v) is 9.35. The molecular formula is C21H28O2. The summed E-state index contributed by atoms with van der Waals surface area (Å²) >= 11 is 0. The minimum atomic E-state index is 0.204. The summed E-state index contributed by atoms with van der Waals surface area (Å²) in [6.07, 6.45) is 10.9. The molecule has 0 bridgehead atoms. The molecule has 4 aliphatic carbocycles. The molecule has 0 spiro atoms. The molecule has 0 radical (unpaired) electrons. The van der Waals surface area contributed by atoms with Gasteiger partial charge in [0.1, 0.15) is 5.78 Å². The maximum atomic E-state index is 12.1. The largest absolute Gasteiger partial charge is 0.300 e. The standard InChI is InChI=1S/C21H28O2/c1-12-10-18-16(15-5-4-14(23)11-17(12)15)8-9-21(3)19(13(2)22)6-7-20(18)21/h10-11,15-16,18-20H,4-9H2,1-3H3/t15-,16-,18-,19-,20+,21-/m1/s1. The summed E-state index contributed by atoms with van der Waals surface area (Å²) in [5, 5.41) is 0. The summed E-state index contributed by atoms with van der Waals surface area (Å²) in [7, 11) is 0. The van der Waals surface area contributed by atoms with E-state index in [-0.39, 0.29) is 11.3 Å². The number of fused-ring (bicyclic) bond motifs is 5. The van der Waals surface area contributed by atoms with Crippen LogP contribution in [0.25, 0.3) is 0 Å². The van der Waals surface area contributed by atoms with Crippen molar-refractivity contribution in [3.8, 4) is 0 Å². The predicted octanol–water partition coefficient (Wildman–Crippen LogP) is 4.50. The van der Waals surface area contributed by atoms with Gasteiger partial charge >= 0.3 is 0 Å². The number of rotatable bonds is 1. The summed E-state index contributed by atoms with van der Waals surface area (Å²) in [5.41, 5.74) is 2.86. The fourth-order valence-corrected chi connectivity index (χ4v) is 6.64. The molecule has 0 aromatic rings. The van der Waals surface area contributed by atoms with Crippen LogP contribution in [0.1, 0.15) is 59.3 Å². The summed E-state index contributed by atoms with van der Waals surface area (Å²) in [4.78, 5) is 24.0. The maximum absolute atomic E-state index is 12.1. The Morgan fingerprint density at radius 1 is 1.22 bits per heavy atom. The molecule has 0 aliphatic heterocycles. The van der Waals surface area contributed by atoms with E-state index < -0.39 is 0 Å². The molecule has 2 fully saturated rings. The van der Waals surface area contributed by atoms with Crippen LogP contribution in [0.5, 0.6) is 0 Å². The molecule has 0 amide bonds. The highest BCUT2D eigenvalue weighted by Crippen LogP contribution is 2.63. The minimum Gasteiger partial charge on any atom is -0.300 e. The van der Waals surface area contributed by atoms with Gasteiger partial charge in [-0.2, -0.15) is 0 Å². The van der Waals surface area contributed by atoms with E-state index in [4.69, 9.17) is 0 Å². The van der Waals surface area contributed by atoms with Crippen LogP contribution in [0.15, 0.2) is 23.3 Å². The van der Waals surface area contributed by atoms with Crippen molar-refractivity contribution in [2.45, 2.75) is 59.3 Å². The molecule has 0 heterocycles. The van der Waals surface area contributed by atoms with Gasteiger partial charge in [0.25, 0.3) is 0 Å². The Bertz CT molecular complexity index is 626. The maximum Gasteiger partial charge on any atom is 0.156 e. The number of ketones is 2. The van der Waals surface area contributed by atoms with E-state index in [1.165, 1.54) is 30.4 Å².